The van der Waals surface area contributed by atoms with Crippen molar-refractivity contribution in [1.82, 2.24) is 15.0 Å². The van der Waals surface area contributed by atoms with Crippen LogP contribution < -0.4 is 4.74 Å². The Balaban J connectivity index is 1.58. The number of hydrogen-bond acceptors (Lipinski definition) is 7. The SMILES string of the molecule is CC(C)Oc1ccc(-c2nc(-c3cccc4c3CCC4C=NCC(=O)N(C)C)no2)cc1C#N. The van der Waals surface area contributed by atoms with E-state index in [1.54, 1.807) is 26.2 Å². The second-order valence-corrected chi connectivity index (χ2v) is 8.71. The van der Waals surface area contributed by atoms with Crippen LogP contribution in [-0.2, 0) is 11.2 Å². The molecule has 1 aromatic heterocycles. The van der Waals surface area contributed by atoms with Gasteiger partial charge in [0.15, 0.2) is 0 Å². The van der Waals surface area contributed by atoms with Gasteiger partial charge in [-0.2, -0.15) is 10.2 Å². The van der Waals surface area contributed by atoms with Crippen LogP contribution in [0.2, 0.25) is 0 Å². The third-order valence-electron chi connectivity index (χ3n) is 5.70. The molecule has 4 rings (SSSR count). The molecule has 0 saturated heterocycles. The first kappa shape index (κ1) is 23.2. The topological polar surface area (TPSA) is 105 Å². The fraction of sp³-hybridized carbons (Fsp3) is 0.346. The average Bonchev–Trinajstić information content (AvgIpc) is 3.46. The van der Waals surface area contributed by atoms with Crippen LogP contribution in [0.25, 0.3) is 22.8 Å². The molecule has 1 aliphatic carbocycles. The van der Waals surface area contributed by atoms with E-state index in [0.29, 0.717) is 28.6 Å². The minimum atomic E-state index is -0.0320. The van der Waals surface area contributed by atoms with Gasteiger partial charge >= 0.3 is 0 Å². The Bertz CT molecular complexity index is 1270. The van der Waals surface area contributed by atoms with Crippen molar-refractivity contribution in [1.29, 1.82) is 5.26 Å². The lowest BCUT2D eigenvalue weighted by Crippen LogP contribution is -2.24. The molecular weight excluding hydrogens is 430 g/mol. The van der Waals surface area contributed by atoms with E-state index in [1.165, 1.54) is 16.0 Å². The van der Waals surface area contributed by atoms with Crippen molar-refractivity contribution in [2.24, 2.45) is 4.99 Å². The quantitative estimate of drug-likeness (QED) is 0.491. The molecule has 0 saturated carbocycles. The Kier molecular flexibility index (Phi) is 6.73. The highest BCUT2D eigenvalue weighted by molar-refractivity contribution is 5.81. The Labute approximate surface area is 198 Å². The Hall–Kier alpha value is -3.99. The minimum absolute atomic E-state index is 0.0223. The molecule has 34 heavy (non-hydrogen) atoms. The number of aromatic nitrogens is 2. The van der Waals surface area contributed by atoms with Gasteiger partial charge in [-0.05, 0) is 56.0 Å². The van der Waals surface area contributed by atoms with Crippen LogP contribution >= 0.6 is 0 Å². The van der Waals surface area contributed by atoms with E-state index in [-0.39, 0.29) is 24.5 Å². The summed E-state index contributed by atoms with van der Waals surface area (Å²) in [5.74, 6) is 1.52. The van der Waals surface area contributed by atoms with Gasteiger partial charge in [0.25, 0.3) is 5.89 Å². The molecule has 174 valence electrons. The van der Waals surface area contributed by atoms with E-state index in [9.17, 15) is 10.1 Å². The number of aliphatic imine (C=N–C) groups is 1. The van der Waals surface area contributed by atoms with Crippen LogP contribution in [0.5, 0.6) is 5.75 Å². The molecule has 8 heteroatoms. The lowest BCUT2D eigenvalue weighted by Gasteiger charge is -2.11. The molecule has 8 nitrogen and oxygen atoms in total. The highest BCUT2D eigenvalue weighted by Gasteiger charge is 2.25. The molecule has 1 atom stereocenters. The van der Waals surface area contributed by atoms with Gasteiger partial charge in [-0.1, -0.05) is 23.4 Å². The molecule has 0 N–H and O–H groups in total. The van der Waals surface area contributed by atoms with E-state index < -0.39 is 0 Å². The van der Waals surface area contributed by atoms with Crippen molar-refractivity contribution >= 4 is 12.1 Å². The van der Waals surface area contributed by atoms with Gasteiger partial charge in [-0.25, -0.2) is 0 Å². The number of carbonyl (C=O) groups is 1. The maximum Gasteiger partial charge on any atom is 0.258 e. The fourth-order valence-corrected chi connectivity index (χ4v) is 4.01. The van der Waals surface area contributed by atoms with Gasteiger partial charge in [0.05, 0.1) is 11.7 Å². The molecule has 1 heterocycles. The number of hydrogen-bond donors (Lipinski definition) is 0. The predicted octanol–water partition coefficient (Wildman–Crippen LogP) is 4.25. The monoisotopic (exact) mass is 457 g/mol. The maximum atomic E-state index is 11.8. The van der Waals surface area contributed by atoms with Crippen molar-refractivity contribution < 1.29 is 14.1 Å². The predicted molar refractivity (Wildman–Crippen MR) is 129 cm³/mol. The standard InChI is InChI=1S/C26H27N5O3/c1-16(2)33-23-11-9-17(12-19(23)13-27)26-29-25(30-34-26)22-7-5-6-20-18(8-10-21(20)22)14-28-15-24(32)31(3)4/h5-7,9,11-12,14,16,18H,8,10,15H2,1-4H3. The number of ether oxygens (including phenoxy) is 1. The second kappa shape index (κ2) is 9.87. The summed E-state index contributed by atoms with van der Waals surface area (Å²) in [7, 11) is 3.45. The van der Waals surface area contributed by atoms with Crippen LogP contribution in [0.15, 0.2) is 45.9 Å². The highest BCUT2D eigenvalue weighted by Crippen LogP contribution is 2.38. The van der Waals surface area contributed by atoms with E-state index in [0.717, 1.165) is 18.4 Å². The molecule has 0 aliphatic heterocycles. The molecule has 2 aromatic carbocycles. The van der Waals surface area contributed by atoms with E-state index >= 15 is 0 Å². The summed E-state index contributed by atoms with van der Waals surface area (Å²) in [6, 6.07) is 13.5. The summed E-state index contributed by atoms with van der Waals surface area (Å²) in [4.78, 5) is 22.3. The molecule has 0 bridgehead atoms. The smallest absolute Gasteiger partial charge is 0.258 e. The number of likely N-dealkylation sites (N-methyl/N-ethyl adjacent to an activating group) is 1. The third-order valence-corrected chi connectivity index (χ3v) is 5.70. The van der Waals surface area contributed by atoms with Crippen LogP contribution in [0, 0.1) is 11.3 Å². The van der Waals surface area contributed by atoms with Crippen molar-refractivity contribution in [2.75, 3.05) is 20.6 Å². The fourth-order valence-electron chi connectivity index (χ4n) is 4.01. The molecular formula is C26H27N5O3. The molecule has 1 aliphatic rings. The number of nitriles is 1. The number of rotatable bonds is 7. The molecule has 1 amide bonds. The number of amides is 1. The number of carbonyl (C=O) groups excluding carboxylic acids is 1. The normalized spacial score (nSPS) is 14.9. The second-order valence-electron chi connectivity index (χ2n) is 8.71. The van der Waals surface area contributed by atoms with Crippen LogP contribution in [-0.4, -0.2) is 53.9 Å². The zero-order valence-electron chi connectivity index (χ0n) is 19.8. The van der Waals surface area contributed by atoms with Crippen molar-refractivity contribution in [3.8, 4) is 34.7 Å². The summed E-state index contributed by atoms with van der Waals surface area (Å²) >= 11 is 0. The first-order valence-electron chi connectivity index (χ1n) is 11.2. The van der Waals surface area contributed by atoms with E-state index in [1.807, 2.05) is 38.3 Å². The number of nitrogens with zero attached hydrogens (tertiary/aromatic N) is 5. The molecule has 0 spiro atoms. The van der Waals surface area contributed by atoms with Crippen LogP contribution in [0.1, 0.15) is 42.9 Å². The zero-order chi connectivity index (χ0) is 24.2. The third kappa shape index (κ3) is 4.84. The van der Waals surface area contributed by atoms with E-state index in [2.05, 4.69) is 27.3 Å². The zero-order valence-corrected chi connectivity index (χ0v) is 19.8. The van der Waals surface area contributed by atoms with Gasteiger partial charge in [0.2, 0.25) is 11.7 Å². The average molecular weight is 458 g/mol. The molecule has 0 radical (unpaired) electrons. The summed E-state index contributed by atoms with van der Waals surface area (Å²) in [5.41, 5.74) is 4.35. The molecule has 3 aromatic rings. The lowest BCUT2D eigenvalue weighted by atomic mass is 9.99. The van der Waals surface area contributed by atoms with Gasteiger partial charge < -0.3 is 14.2 Å². The van der Waals surface area contributed by atoms with Gasteiger partial charge in [0.1, 0.15) is 18.4 Å². The first-order chi connectivity index (χ1) is 16.4. The first-order valence-corrected chi connectivity index (χ1v) is 11.2. The van der Waals surface area contributed by atoms with Gasteiger partial charge in [-0.3, -0.25) is 9.79 Å². The van der Waals surface area contributed by atoms with Crippen molar-refractivity contribution in [3.05, 3.63) is 53.1 Å². The van der Waals surface area contributed by atoms with Gasteiger partial charge in [-0.15, -0.1) is 0 Å². The lowest BCUT2D eigenvalue weighted by molar-refractivity contribution is -0.127. The maximum absolute atomic E-state index is 11.8. The Morgan fingerprint density at radius 1 is 1.35 bits per heavy atom. The summed E-state index contributed by atoms with van der Waals surface area (Å²) in [6.07, 6.45) is 3.63. The van der Waals surface area contributed by atoms with Crippen molar-refractivity contribution in [2.45, 2.75) is 38.7 Å². The summed E-state index contributed by atoms with van der Waals surface area (Å²) < 4.78 is 11.2. The Morgan fingerprint density at radius 2 is 2.18 bits per heavy atom. The van der Waals surface area contributed by atoms with Gasteiger partial charge in [0, 0.05) is 37.4 Å². The highest BCUT2D eigenvalue weighted by atomic mass is 16.5. The molecule has 1 unspecified atom stereocenters. The Morgan fingerprint density at radius 3 is 2.91 bits per heavy atom. The van der Waals surface area contributed by atoms with Crippen molar-refractivity contribution in [3.63, 3.8) is 0 Å². The number of fused-ring (bicyclic) bond motifs is 1. The van der Waals surface area contributed by atoms with Crippen LogP contribution in [0.3, 0.4) is 0 Å². The summed E-state index contributed by atoms with van der Waals surface area (Å²) in [5, 5.41) is 13.7. The molecule has 0 fully saturated rings. The summed E-state index contributed by atoms with van der Waals surface area (Å²) in [6.45, 7) is 3.98. The van der Waals surface area contributed by atoms with E-state index in [4.69, 9.17) is 9.26 Å². The minimum Gasteiger partial charge on any atom is -0.490 e. The largest absolute Gasteiger partial charge is 0.490 e. The van der Waals surface area contributed by atoms with Crippen LogP contribution in [0.4, 0.5) is 0 Å². The number of benzene rings is 2.